The van der Waals surface area contributed by atoms with Crippen molar-refractivity contribution in [3.05, 3.63) is 130 Å². The number of sulfone groups is 1. The van der Waals surface area contributed by atoms with E-state index in [-0.39, 0.29) is 32.3 Å². The Morgan fingerprint density at radius 3 is 1.24 bits per heavy atom. The molecule has 0 saturated carbocycles. The molecular formula is C32H18F4N4O4S. The number of benzene rings is 4. The first kappa shape index (κ1) is 31.9. The summed E-state index contributed by atoms with van der Waals surface area (Å²) in [4.78, 5) is 24.8. The lowest BCUT2D eigenvalue weighted by atomic mass is 10.1. The number of amides is 2. The van der Waals surface area contributed by atoms with Gasteiger partial charge in [0.25, 0.3) is 11.8 Å². The van der Waals surface area contributed by atoms with Gasteiger partial charge in [-0.25, -0.2) is 26.0 Å². The summed E-state index contributed by atoms with van der Waals surface area (Å²) in [5.41, 5.74) is -0.368. The van der Waals surface area contributed by atoms with E-state index in [1.165, 1.54) is 60.7 Å². The highest BCUT2D eigenvalue weighted by atomic mass is 32.2. The summed E-state index contributed by atoms with van der Waals surface area (Å²) >= 11 is 0. The third-order valence-corrected chi connectivity index (χ3v) is 7.87. The van der Waals surface area contributed by atoms with Gasteiger partial charge < -0.3 is 10.6 Å². The Kier molecular flexibility index (Phi) is 9.56. The van der Waals surface area contributed by atoms with E-state index in [0.29, 0.717) is 0 Å². The summed E-state index contributed by atoms with van der Waals surface area (Å²) in [5, 5.41) is 23.5. The number of anilines is 2. The van der Waals surface area contributed by atoms with Gasteiger partial charge in [0.1, 0.15) is 23.3 Å². The van der Waals surface area contributed by atoms with Gasteiger partial charge in [-0.05, 0) is 96.1 Å². The maximum Gasteiger partial charge on any atom is 0.266 e. The maximum atomic E-state index is 13.5. The molecule has 0 aliphatic carbocycles. The Morgan fingerprint density at radius 1 is 0.578 bits per heavy atom. The van der Waals surface area contributed by atoms with Crippen LogP contribution in [-0.2, 0) is 19.4 Å². The summed E-state index contributed by atoms with van der Waals surface area (Å²) in [7, 11) is -4.05. The summed E-state index contributed by atoms with van der Waals surface area (Å²) in [6.45, 7) is 0. The van der Waals surface area contributed by atoms with E-state index in [4.69, 9.17) is 0 Å². The predicted molar refractivity (Wildman–Crippen MR) is 155 cm³/mol. The first-order valence-corrected chi connectivity index (χ1v) is 14.1. The Labute approximate surface area is 254 Å². The molecule has 0 radical (unpaired) electrons. The second kappa shape index (κ2) is 13.5. The van der Waals surface area contributed by atoms with Crippen molar-refractivity contribution in [3.8, 4) is 12.1 Å². The zero-order chi connectivity index (χ0) is 32.7. The molecule has 13 heteroatoms. The highest BCUT2D eigenvalue weighted by Crippen LogP contribution is 2.24. The molecule has 0 spiro atoms. The van der Waals surface area contributed by atoms with Gasteiger partial charge in [-0.15, -0.1) is 0 Å². The number of halogens is 4. The Morgan fingerprint density at radius 2 is 0.933 bits per heavy atom. The minimum Gasteiger partial charge on any atom is -0.321 e. The maximum absolute atomic E-state index is 13.5. The van der Waals surface area contributed by atoms with Crippen LogP contribution >= 0.6 is 0 Å². The smallest absolute Gasteiger partial charge is 0.266 e. The largest absolute Gasteiger partial charge is 0.321 e. The molecule has 0 aliphatic rings. The van der Waals surface area contributed by atoms with Crippen LogP contribution in [0.3, 0.4) is 0 Å². The third-order valence-electron chi connectivity index (χ3n) is 6.08. The first-order valence-electron chi connectivity index (χ1n) is 12.6. The molecule has 45 heavy (non-hydrogen) atoms. The molecule has 8 nitrogen and oxygen atoms in total. The van der Waals surface area contributed by atoms with Crippen molar-refractivity contribution < 1.29 is 35.6 Å². The van der Waals surface area contributed by atoms with Gasteiger partial charge in [0.2, 0.25) is 9.84 Å². The number of carbonyl (C=O) groups is 2. The van der Waals surface area contributed by atoms with Crippen LogP contribution in [0.2, 0.25) is 0 Å². The van der Waals surface area contributed by atoms with Crippen molar-refractivity contribution in [1.29, 1.82) is 10.5 Å². The van der Waals surface area contributed by atoms with Crippen molar-refractivity contribution in [2.24, 2.45) is 0 Å². The van der Waals surface area contributed by atoms with Gasteiger partial charge in [0.05, 0.1) is 9.79 Å². The number of rotatable bonds is 8. The molecular weight excluding hydrogens is 612 g/mol. The van der Waals surface area contributed by atoms with Gasteiger partial charge in [0.15, 0.2) is 23.3 Å². The zero-order valence-electron chi connectivity index (χ0n) is 22.7. The minimum absolute atomic E-state index is 0.0799. The third kappa shape index (κ3) is 7.67. The number of hydrogen-bond donors (Lipinski definition) is 2. The summed E-state index contributed by atoms with van der Waals surface area (Å²) in [6.07, 6.45) is 2.12. The molecule has 0 aliphatic heterocycles. The molecule has 0 atom stereocenters. The van der Waals surface area contributed by atoms with Gasteiger partial charge in [-0.2, -0.15) is 10.5 Å². The van der Waals surface area contributed by atoms with Crippen molar-refractivity contribution >= 4 is 45.2 Å². The molecule has 2 amide bonds. The van der Waals surface area contributed by atoms with Crippen LogP contribution in [0.4, 0.5) is 28.9 Å². The van der Waals surface area contributed by atoms with Gasteiger partial charge in [0, 0.05) is 11.4 Å². The molecule has 0 heterocycles. The van der Waals surface area contributed by atoms with Crippen LogP contribution in [0.5, 0.6) is 0 Å². The predicted octanol–water partition coefficient (Wildman–Crippen LogP) is 6.17. The van der Waals surface area contributed by atoms with Crippen LogP contribution < -0.4 is 10.6 Å². The first-order chi connectivity index (χ1) is 21.4. The van der Waals surface area contributed by atoms with E-state index in [2.05, 4.69) is 10.6 Å². The van der Waals surface area contributed by atoms with Crippen LogP contribution in [0.1, 0.15) is 11.1 Å². The molecule has 4 aromatic rings. The van der Waals surface area contributed by atoms with Crippen LogP contribution in [0, 0.1) is 45.9 Å². The van der Waals surface area contributed by atoms with Gasteiger partial charge in [-0.3, -0.25) is 9.59 Å². The Balaban J connectivity index is 1.44. The molecule has 4 rings (SSSR count). The van der Waals surface area contributed by atoms with E-state index >= 15 is 0 Å². The second-order valence-corrected chi connectivity index (χ2v) is 11.1. The fourth-order valence-corrected chi connectivity index (χ4v) is 5.06. The summed E-state index contributed by atoms with van der Waals surface area (Å²) in [6, 6.07) is 19.0. The van der Waals surface area contributed by atoms with Gasteiger partial charge in [-0.1, -0.05) is 12.1 Å². The zero-order valence-corrected chi connectivity index (χ0v) is 23.5. The fourth-order valence-electron chi connectivity index (χ4n) is 3.80. The Hall–Kier alpha value is -6.05. The van der Waals surface area contributed by atoms with Crippen molar-refractivity contribution in [2.45, 2.75) is 9.79 Å². The number of carbonyl (C=O) groups excluding carboxylic acids is 2. The lowest BCUT2D eigenvalue weighted by Gasteiger charge is -2.09. The molecule has 0 aromatic heterocycles. The average molecular weight is 631 g/mol. The summed E-state index contributed by atoms with van der Waals surface area (Å²) in [5.74, 6) is -6.21. The fraction of sp³-hybridized carbons (Fsp3) is 0. The number of hydrogen-bond acceptors (Lipinski definition) is 6. The molecule has 224 valence electrons. The molecule has 4 aromatic carbocycles. The van der Waals surface area contributed by atoms with Crippen molar-refractivity contribution in [2.75, 3.05) is 10.6 Å². The number of nitriles is 2. The highest BCUT2D eigenvalue weighted by molar-refractivity contribution is 7.91. The quantitative estimate of drug-likeness (QED) is 0.136. The minimum atomic E-state index is -4.05. The molecule has 0 bridgehead atoms. The van der Waals surface area contributed by atoms with Crippen molar-refractivity contribution in [1.82, 2.24) is 0 Å². The van der Waals surface area contributed by atoms with E-state index in [0.717, 1.165) is 36.4 Å². The topological polar surface area (TPSA) is 140 Å². The van der Waals surface area contributed by atoms with Crippen LogP contribution in [-0.4, -0.2) is 20.2 Å². The normalized spacial score (nSPS) is 11.7. The highest BCUT2D eigenvalue weighted by Gasteiger charge is 2.19. The van der Waals surface area contributed by atoms with Crippen molar-refractivity contribution in [3.63, 3.8) is 0 Å². The van der Waals surface area contributed by atoms with Crippen LogP contribution in [0.15, 0.2) is 106 Å². The summed E-state index contributed by atoms with van der Waals surface area (Å²) < 4.78 is 79.4. The van der Waals surface area contributed by atoms with E-state index in [9.17, 15) is 46.1 Å². The molecule has 0 saturated heterocycles. The average Bonchev–Trinajstić information content (AvgIpc) is 3.02. The van der Waals surface area contributed by atoms with E-state index in [1.54, 1.807) is 12.1 Å². The molecule has 0 unspecified atom stereocenters. The number of nitrogens with zero attached hydrogens (tertiary/aromatic N) is 2. The monoisotopic (exact) mass is 630 g/mol. The molecule has 0 fully saturated rings. The second-order valence-electron chi connectivity index (χ2n) is 9.15. The number of nitrogens with one attached hydrogen (secondary N) is 2. The van der Waals surface area contributed by atoms with Gasteiger partial charge >= 0.3 is 0 Å². The van der Waals surface area contributed by atoms with E-state index in [1.807, 2.05) is 0 Å². The SMILES string of the molecule is N#C/C(=C/c1ccc(F)c(F)c1)C(=O)Nc1ccc(S(=O)(=O)c2ccc(NC(=O)/C(C#N)=C/c3ccc(F)c(F)c3)cc2)cc1. The van der Waals surface area contributed by atoms with E-state index < -0.39 is 56.1 Å². The lowest BCUT2D eigenvalue weighted by molar-refractivity contribution is -0.113. The lowest BCUT2D eigenvalue weighted by Crippen LogP contribution is -2.14. The van der Waals surface area contributed by atoms with Crippen LogP contribution in [0.25, 0.3) is 12.2 Å². The molecule has 2 N–H and O–H groups in total. The Bertz CT molecular complexity index is 1920. The standard InChI is InChI=1S/C32H18F4N4O4S/c33-27-11-1-19(15-29(27)35)13-21(17-37)31(41)39-23-3-7-25(8-4-23)45(43,44)26-9-5-24(6-10-26)40-32(42)22(18-38)14-20-2-12-28(34)30(36)16-20/h1-16H,(H,39,41)(H,40,42)/b21-13-,22-14+.